The topological polar surface area (TPSA) is 103 Å². The standard InChI is InChI=1S/C43H42N2O6/c1-4-38(44-42(48)50-28-37-35-26-16-14-24-33(35)34-25-15-17-27-36(34)37)40(46)45-39(41(47)49-3)29(2)51-43(30-18-8-5-9-19-30,31-20-10-6-11-21-31)32-22-12-7-13-23-32/h5-27,29,37-39H,4,28H2,1-3H3,(H,44,48)(H,45,46)/t29-,38?,39+/m1/s1. The van der Waals surface area contributed by atoms with Crippen molar-refractivity contribution in [2.24, 2.45) is 0 Å². The van der Waals surface area contributed by atoms with Gasteiger partial charge in [0.15, 0.2) is 6.04 Å². The number of nitrogens with one attached hydrogen (secondary N) is 2. The summed E-state index contributed by atoms with van der Waals surface area (Å²) in [5.74, 6) is -1.38. The summed E-state index contributed by atoms with van der Waals surface area (Å²) in [6, 6.07) is 43.2. The van der Waals surface area contributed by atoms with Crippen molar-refractivity contribution in [3.63, 3.8) is 0 Å². The second-order valence-electron chi connectivity index (χ2n) is 12.5. The number of carbonyl (C=O) groups is 3. The van der Waals surface area contributed by atoms with Crippen molar-refractivity contribution in [1.29, 1.82) is 0 Å². The highest BCUT2D eigenvalue weighted by atomic mass is 16.6. The lowest BCUT2D eigenvalue weighted by atomic mass is 9.79. The van der Waals surface area contributed by atoms with Crippen LogP contribution in [0.25, 0.3) is 11.1 Å². The fraction of sp³-hybridized carbons (Fsp3) is 0.233. The van der Waals surface area contributed by atoms with Crippen molar-refractivity contribution in [2.45, 2.75) is 50.0 Å². The molecule has 5 aromatic carbocycles. The third kappa shape index (κ3) is 7.28. The summed E-state index contributed by atoms with van der Waals surface area (Å²) in [6.07, 6.45) is -1.37. The second kappa shape index (κ2) is 15.9. The number of amides is 2. The normalized spacial score (nSPS) is 13.9. The van der Waals surface area contributed by atoms with Crippen LogP contribution in [0.3, 0.4) is 0 Å². The summed E-state index contributed by atoms with van der Waals surface area (Å²) in [5.41, 5.74) is 5.78. The summed E-state index contributed by atoms with van der Waals surface area (Å²) in [7, 11) is 1.26. The van der Waals surface area contributed by atoms with Crippen LogP contribution in [0.1, 0.15) is 54.0 Å². The molecule has 5 aromatic rings. The van der Waals surface area contributed by atoms with Gasteiger partial charge in [0, 0.05) is 5.92 Å². The van der Waals surface area contributed by atoms with Crippen LogP contribution in [0.5, 0.6) is 0 Å². The van der Waals surface area contributed by atoms with Gasteiger partial charge in [-0.15, -0.1) is 0 Å². The van der Waals surface area contributed by atoms with E-state index in [0.717, 1.165) is 38.9 Å². The highest BCUT2D eigenvalue weighted by molar-refractivity contribution is 5.90. The van der Waals surface area contributed by atoms with E-state index in [0.29, 0.717) is 0 Å². The molecule has 0 bridgehead atoms. The van der Waals surface area contributed by atoms with Crippen molar-refractivity contribution < 1.29 is 28.6 Å². The summed E-state index contributed by atoms with van der Waals surface area (Å²) in [4.78, 5) is 40.2. The molecule has 0 aliphatic heterocycles. The maximum absolute atomic E-state index is 13.8. The first-order valence-electron chi connectivity index (χ1n) is 17.2. The zero-order valence-electron chi connectivity index (χ0n) is 29.0. The van der Waals surface area contributed by atoms with Gasteiger partial charge < -0.3 is 24.8 Å². The maximum Gasteiger partial charge on any atom is 0.407 e. The van der Waals surface area contributed by atoms with Gasteiger partial charge in [0.2, 0.25) is 5.91 Å². The van der Waals surface area contributed by atoms with E-state index in [1.165, 1.54) is 7.11 Å². The van der Waals surface area contributed by atoms with Crippen LogP contribution >= 0.6 is 0 Å². The van der Waals surface area contributed by atoms with Gasteiger partial charge >= 0.3 is 12.1 Å². The van der Waals surface area contributed by atoms with Crippen LogP contribution in [0.4, 0.5) is 4.79 Å². The summed E-state index contributed by atoms with van der Waals surface area (Å²) in [6.45, 7) is 3.60. The average Bonchev–Trinajstić information content (AvgIpc) is 3.51. The molecule has 0 saturated heterocycles. The number of carbonyl (C=O) groups excluding carboxylic acids is 3. The van der Waals surface area contributed by atoms with Crippen molar-refractivity contribution >= 4 is 18.0 Å². The van der Waals surface area contributed by atoms with Gasteiger partial charge in [-0.05, 0) is 52.3 Å². The molecule has 3 atom stereocenters. The third-order valence-corrected chi connectivity index (χ3v) is 9.49. The van der Waals surface area contributed by atoms with Crippen LogP contribution in [-0.2, 0) is 29.4 Å². The Balaban J connectivity index is 1.20. The first kappa shape index (κ1) is 35.1. The van der Waals surface area contributed by atoms with Crippen LogP contribution in [0.2, 0.25) is 0 Å². The first-order chi connectivity index (χ1) is 24.9. The number of hydrogen-bond acceptors (Lipinski definition) is 6. The average molecular weight is 683 g/mol. The summed E-state index contributed by atoms with van der Waals surface area (Å²) in [5, 5.41) is 5.51. The zero-order valence-corrected chi connectivity index (χ0v) is 29.0. The van der Waals surface area contributed by atoms with E-state index in [2.05, 4.69) is 22.8 Å². The number of alkyl carbamates (subject to hydrolysis) is 1. The van der Waals surface area contributed by atoms with Crippen LogP contribution in [-0.4, -0.2) is 49.9 Å². The molecule has 0 spiro atoms. The van der Waals surface area contributed by atoms with E-state index in [1.807, 2.05) is 127 Å². The molecule has 2 amide bonds. The minimum absolute atomic E-state index is 0.105. The lowest BCUT2D eigenvalue weighted by Gasteiger charge is -2.39. The van der Waals surface area contributed by atoms with E-state index in [4.69, 9.17) is 14.2 Å². The van der Waals surface area contributed by atoms with Gasteiger partial charge in [-0.1, -0.05) is 146 Å². The molecule has 0 radical (unpaired) electrons. The van der Waals surface area contributed by atoms with E-state index >= 15 is 0 Å². The van der Waals surface area contributed by atoms with Crippen LogP contribution in [0.15, 0.2) is 140 Å². The number of esters is 1. The Bertz CT molecular complexity index is 1810. The van der Waals surface area contributed by atoms with Crippen LogP contribution in [0, 0.1) is 0 Å². The van der Waals surface area contributed by atoms with E-state index in [-0.39, 0.29) is 18.9 Å². The molecule has 0 aromatic heterocycles. The van der Waals surface area contributed by atoms with Crippen molar-refractivity contribution in [3.05, 3.63) is 167 Å². The lowest BCUT2D eigenvalue weighted by molar-refractivity contribution is -0.153. The number of rotatable bonds is 13. The molecule has 8 nitrogen and oxygen atoms in total. The van der Waals surface area contributed by atoms with E-state index in [1.54, 1.807) is 13.8 Å². The highest BCUT2D eigenvalue weighted by Crippen LogP contribution is 2.45. The molecule has 8 heteroatoms. The van der Waals surface area contributed by atoms with E-state index < -0.39 is 41.8 Å². The minimum atomic E-state index is -1.21. The van der Waals surface area contributed by atoms with Gasteiger partial charge in [-0.2, -0.15) is 0 Å². The molecule has 2 N–H and O–H groups in total. The molecular weight excluding hydrogens is 640 g/mol. The Morgan fingerprint density at radius 1 is 0.667 bits per heavy atom. The Morgan fingerprint density at radius 2 is 1.12 bits per heavy atom. The molecule has 6 rings (SSSR count). The monoisotopic (exact) mass is 682 g/mol. The van der Waals surface area contributed by atoms with Gasteiger partial charge in [0.1, 0.15) is 18.2 Å². The number of benzene rings is 5. The molecule has 260 valence electrons. The molecule has 1 aliphatic rings. The SMILES string of the molecule is CCC(NC(=O)OCC1c2ccccc2-c2ccccc21)C(=O)N[C@H](C(=O)OC)[C@@H](C)OC(c1ccccc1)(c1ccccc1)c1ccccc1. The van der Waals surface area contributed by atoms with Crippen molar-refractivity contribution in [1.82, 2.24) is 10.6 Å². The lowest BCUT2D eigenvalue weighted by Crippen LogP contribution is -2.56. The molecule has 0 fully saturated rings. The quantitative estimate of drug-likeness (QED) is 0.0994. The number of fused-ring (bicyclic) bond motifs is 3. The Labute approximate surface area is 298 Å². The molecule has 0 saturated carbocycles. The van der Waals surface area contributed by atoms with Gasteiger partial charge in [0.25, 0.3) is 0 Å². The number of ether oxygens (including phenoxy) is 3. The molecular formula is C43H42N2O6. The molecule has 1 aliphatic carbocycles. The molecule has 51 heavy (non-hydrogen) atoms. The minimum Gasteiger partial charge on any atom is -0.467 e. The fourth-order valence-corrected chi connectivity index (χ4v) is 6.95. The molecule has 1 unspecified atom stereocenters. The second-order valence-corrected chi connectivity index (χ2v) is 12.5. The Kier molecular flexibility index (Phi) is 10.9. The Morgan fingerprint density at radius 3 is 1.57 bits per heavy atom. The van der Waals surface area contributed by atoms with E-state index in [9.17, 15) is 14.4 Å². The summed E-state index contributed by atoms with van der Waals surface area (Å²) >= 11 is 0. The van der Waals surface area contributed by atoms with Gasteiger partial charge in [-0.25, -0.2) is 9.59 Å². The maximum atomic E-state index is 13.8. The third-order valence-electron chi connectivity index (χ3n) is 9.49. The summed E-state index contributed by atoms with van der Waals surface area (Å²) < 4.78 is 17.9. The Hall–Kier alpha value is -5.73. The predicted octanol–water partition coefficient (Wildman–Crippen LogP) is 7.36. The predicted molar refractivity (Wildman–Crippen MR) is 196 cm³/mol. The largest absolute Gasteiger partial charge is 0.467 e. The fourth-order valence-electron chi connectivity index (χ4n) is 6.95. The first-order valence-corrected chi connectivity index (χ1v) is 17.2. The van der Waals surface area contributed by atoms with Crippen LogP contribution < -0.4 is 10.6 Å². The smallest absolute Gasteiger partial charge is 0.407 e. The van der Waals surface area contributed by atoms with Crippen molar-refractivity contribution in [3.8, 4) is 11.1 Å². The number of hydrogen-bond donors (Lipinski definition) is 2. The molecule has 0 heterocycles. The van der Waals surface area contributed by atoms with Gasteiger partial charge in [0.05, 0.1) is 13.2 Å². The zero-order chi connectivity index (χ0) is 35.8. The highest BCUT2D eigenvalue weighted by Gasteiger charge is 2.43. The van der Waals surface area contributed by atoms with Gasteiger partial charge in [-0.3, -0.25) is 4.79 Å². The number of methoxy groups -OCH3 is 1. The van der Waals surface area contributed by atoms with Crippen molar-refractivity contribution in [2.75, 3.05) is 13.7 Å².